The second-order valence-corrected chi connectivity index (χ2v) is 9.21. The third kappa shape index (κ3) is 3.88. The number of nitrogens with zero attached hydrogens (tertiary/aromatic N) is 2. The molecule has 0 radical (unpaired) electrons. The van der Waals surface area contributed by atoms with Crippen LogP contribution >= 0.6 is 11.6 Å². The van der Waals surface area contributed by atoms with Crippen LogP contribution in [0.5, 0.6) is 0 Å². The fourth-order valence-corrected chi connectivity index (χ4v) is 5.52. The molecule has 144 valence electrons. The highest BCUT2D eigenvalue weighted by molar-refractivity contribution is 7.89. The molecule has 7 heteroatoms. The summed E-state index contributed by atoms with van der Waals surface area (Å²) in [4.78, 5) is 14.8. The Balaban J connectivity index is 1.76. The van der Waals surface area contributed by atoms with E-state index < -0.39 is 10.0 Å². The second-order valence-electron chi connectivity index (χ2n) is 6.90. The summed E-state index contributed by atoms with van der Waals surface area (Å²) < 4.78 is 27.1. The molecule has 1 heterocycles. The Bertz CT molecular complexity index is 957. The second kappa shape index (κ2) is 7.62. The van der Waals surface area contributed by atoms with E-state index in [0.717, 1.165) is 16.7 Å². The maximum atomic E-state index is 13.0. The average Bonchev–Trinajstić information content (AvgIpc) is 2.61. The summed E-state index contributed by atoms with van der Waals surface area (Å²) in [5.74, 6) is -0.0419. The molecule has 1 saturated heterocycles. The minimum atomic E-state index is -3.66. The van der Waals surface area contributed by atoms with E-state index in [1.54, 1.807) is 23.1 Å². The normalized spacial score (nSPS) is 15.8. The molecule has 0 atom stereocenters. The van der Waals surface area contributed by atoms with Gasteiger partial charge in [0.15, 0.2) is 0 Å². The van der Waals surface area contributed by atoms with Crippen molar-refractivity contribution in [3.8, 4) is 0 Å². The highest BCUT2D eigenvalue weighted by Crippen LogP contribution is 2.26. The first-order valence-electron chi connectivity index (χ1n) is 8.83. The van der Waals surface area contributed by atoms with Crippen LogP contribution in [0.25, 0.3) is 0 Å². The van der Waals surface area contributed by atoms with Gasteiger partial charge in [-0.25, -0.2) is 8.42 Å². The van der Waals surface area contributed by atoms with Crippen LogP contribution in [0.2, 0.25) is 5.02 Å². The maximum Gasteiger partial charge on any atom is 0.254 e. The predicted molar refractivity (Wildman–Crippen MR) is 107 cm³/mol. The number of piperazine rings is 1. The first-order valence-corrected chi connectivity index (χ1v) is 10.7. The average molecular weight is 407 g/mol. The SMILES string of the molecule is Cc1cc(C)c(C(=O)N2CCN(S(=O)(=O)c3ccccc3Cl)CC2)c(C)c1. The highest BCUT2D eigenvalue weighted by atomic mass is 35.5. The topological polar surface area (TPSA) is 57.7 Å². The Morgan fingerprint density at radius 1 is 0.963 bits per heavy atom. The van der Waals surface area contributed by atoms with E-state index in [9.17, 15) is 13.2 Å². The van der Waals surface area contributed by atoms with Crippen molar-refractivity contribution in [2.45, 2.75) is 25.7 Å². The Morgan fingerprint density at radius 3 is 2.07 bits per heavy atom. The zero-order chi connectivity index (χ0) is 19.8. The molecule has 0 spiro atoms. The fourth-order valence-electron chi connectivity index (χ4n) is 3.60. The van der Waals surface area contributed by atoms with Gasteiger partial charge < -0.3 is 4.90 Å². The van der Waals surface area contributed by atoms with E-state index >= 15 is 0 Å². The number of amides is 1. The van der Waals surface area contributed by atoms with Crippen molar-refractivity contribution in [1.29, 1.82) is 0 Å². The molecule has 0 aliphatic carbocycles. The minimum absolute atomic E-state index is 0.0419. The summed E-state index contributed by atoms with van der Waals surface area (Å²) in [6, 6.07) is 10.4. The summed E-state index contributed by atoms with van der Waals surface area (Å²) in [7, 11) is -3.66. The summed E-state index contributed by atoms with van der Waals surface area (Å²) in [5, 5.41) is 0.210. The number of hydrogen-bond acceptors (Lipinski definition) is 3. The first kappa shape index (κ1) is 19.9. The molecular weight excluding hydrogens is 384 g/mol. The third-order valence-electron chi connectivity index (χ3n) is 4.87. The smallest absolute Gasteiger partial charge is 0.254 e. The van der Waals surface area contributed by atoms with Crippen molar-refractivity contribution in [3.05, 3.63) is 63.7 Å². The lowest BCUT2D eigenvalue weighted by Gasteiger charge is -2.34. The van der Waals surface area contributed by atoms with Crippen molar-refractivity contribution in [1.82, 2.24) is 9.21 Å². The number of carbonyl (C=O) groups is 1. The van der Waals surface area contributed by atoms with E-state index in [1.807, 2.05) is 32.9 Å². The van der Waals surface area contributed by atoms with Gasteiger partial charge in [-0.1, -0.05) is 41.4 Å². The summed E-state index contributed by atoms with van der Waals surface area (Å²) >= 11 is 6.06. The molecule has 2 aromatic carbocycles. The molecule has 1 amide bonds. The van der Waals surface area contributed by atoms with Gasteiger partial charge in [0.2, 0.25) is 10.0 Å². The Kier molecular flexibility index (Phi) is 5.60. The molecule has 1 aliphatic rings. The van der Waals surface area contributed by atoms with Crippen LogP contribution in [0.15, 0.2) is 41.3 Å². The molecular formula is C20H23ClN2O3S. The van der Waals surface area contributed by atoms with E-state index in [-0.39, 0.29) is 28.9 Å². The lowest BCUT2D eigenvalue weighted by molar-refractivity contribution is 0.0696. The molecule has 0 saturated carbocycles. The monoisotopic (exact) mass is 406 g/mol. The summed E-state index contributed by atoms with van der Waals surface area (Å²) in [5.41, 5.74) is 3.73. The molecule has 27 heavy (non-hydrogen) atoms. The van der Waals surface area contributed by atoms with Crippen molar-refractivity contribution in [2.75, 3.05) is 26.2 Å². The van der Waals surface area contributed by atoms with Gasteiger partial charge in [-0.05, 0) is 44.0 Å². The van der Waals surface area contributed by atoms with E-state index in [1.165, 1.54) is 10.4 Å². The number of sulfonamides is 1. The molecule has 0 bridgehead atoms. The van der Waals surface area contributed by atoms with Gasteiger partial charge in [0, 0.05) is 31.7 Å². The minimum Gasteiger partial charge on any atom is -0.336 e. The van der Waals surface area contributed by atoms with Gasteiger partial charge in [0.25, 0.3) is 5.91 Å². The first-order chi connectivity index (χ1) is 12.7. The standard InChI is InChI=1S/C20H23ClN2O3S/c1-14-12-15(2)19(16(3)13-14)20(24)22-8-10-23(11-9-22)27(25,26)18-7-5-4-6-17(18)21/h4-7,12-13H,8-11H2,1-3H3. The summed E-state index contributed by atoms with van der Waals surface area (Å²) in [6.07, 6.45) is 0. The van der Waals surface area contributed by atoms with Gasteiger partial charge in [0.05, 0.1) is 5.02 Å². The van der Waals surface area contributed by atoms with Gasteiger partial charge in [-0.15, -0.1) is 0 Å². The number of hydrogen-bond donors (Lipinski definition) is 0. The van der Waals surface area contributed by atoms with Gasteiger partial charge in [-0.3, -0.25) is 4.79 Å². The lowest BCUT2D eigenvalue weighted by atomic mass is 9.98. The molecule has 3 rings (SSSR count). The Labute approximate surface area is 165 Å². The largest absolute Gasteiger partial charge is 0.336 e. The van der Waals surface area contributed by atoms with Crippen LogP contribution in [0.1, 0.15) is 27.0 Å². The number of halogens is 1. The summed E-state index contributed by atoms with van der Waals surface area (Å²) in [6.45, 7) is 7.10. The van der Waals surface area contributed by atoms with Crippen molar-refractivity contribution in [3.63, 3.8) is 0 Å². The molecule has 1 fully saturated rings. The van der Waals surface area contributed by atoms with E-state index in [2.05, 4.69) is 0 Å². The molecule has 0 N–H and O–H groups in total. The van der Waals surface area contributed by atoms with Crippen LogP contribution in [-0.4, -0.2) is 49.7 Å². The van der Waals surface area contributed by atoms with Crippen LogP contribution in [-0.2, 0) is 10.0 Å². The molecule has 2 aromatic rings. The van der Waals surface area contributed by atoms with Crippen LogP contribution in [0, 0.1) is 20.8 Å². The quantitative estimate of drug-likeness (QED) is 0.784. The fraction of sp³-hybridized carbons (Fsp3) is 0.350. The number of aryl methyl sites for hydroxylation is 3. The van der Waals surface area contributed by atoms with Gasteiger partial charge >= 0.3 is 0 Å². The zero-order valence-electron chi connectivity index (χ0n) is 15.7. The Hall–Kier alpha value is -1.89. The maximum absolute atomic E-state index is 13.0. The molecule has 5 nitrogen and oxygen atoms in total. The van der Waals surface area contributed by atoms with Crippen molar-refractivity contribution < 1.29 is 13.2 Å². The van der Waals surface area contributed by atoms with Crippen LogP contribution in [0.4, 0.5) is 0 Å². The Morgan fingerprint density at radius 2 is 1.52 bits per heavy atom. The van der Waals surface area contributed by atoms with Crippen LogP contribution < -0.4 is 0 Å². The molecule has 0 unspecified atom stereocenters. The number of benzene rings is 2. The molecule has 0 aromatic heterocycles. The van der Waals surface area contributed by atoms with E-state index in [4.69, 9.17) is 11.6 Å². The third-order valence-corrected chi connectivity index (χ3v) is 7.27. The highest BCUT2D eigenvalue weighted by Gasteiger charge is 2.32. The number of rotatable bonds is 3. The van der Waals surface area contributed by atoms with E-state index in [0.29, 0.717) is 18.7 Å². The predicted octanol–water partition coefficient (Wildman–Crippen LogP) is 3.41. The zero-order valence-corrected chi connectivity index (χ0v) is 17.3. The van der Waals surface area contributed by atoms with Crippen molar-refractivity contribution >= 4 is 27.5 Å². The number of carbonyl (C=O) groups excluding carboxylic acids is 1. The van der Waals surface area contributed by atoms with Gasteiger partial charge in [0.1, 0.15) is 4.90 Å². The van der Waals surface area contributed by atoms with Crippen LogP contribution in [0.3, 0.4) is 0 Å². The van der Waals surface area contributed by atoms with Gasteiger partial charge in [-0.2, -0.15) is 4.31 Å². The molecule has 1 aliphatic heterocycles. The van der Waals surface area contributed by atoms with Crippen molar-refractivity contribution in [2.24, 2.45) is 0 Å². The lowest BCUT2D eigenvalue weighted by Crippen LogP contribution is -2.50.